The van der Waals surface area contributed by atoms with E-state index in [1.165, 1.54) is 12.7 Å². The molecule has 0 aliphatic carbocycles. The van der Waals surface area contributed by atoms with E-state index in [1.54, 1.807) is 12.1 Å². The van der Waals surface area contributed by atoms with Crippen LogP contribution in [-0.2, 0) is 23.7 Å². The molecule has 0 amide bonds. The molecule has 100 valence electrons. The van der Waals surface area contributed by atoms with Gasteiger partial charge in [0.05, 0.1) is 5.02 Å². The second-order valence-corrected chi connectivity index (χ2v) is 6.74. The average Bonchev–Trinajstić information content (AvgIpc) is 2.25. The van der Waals surface area contributed by atoms with Gasteiger partial charge in [0.1, 0.15) is 4.90 Å². The highest BCUT2D eigenvalue weighted by Gasteiger charge is 2.28. The fourth-order valence-electron chi connectivity index (χ4n) is 1.36. The van der Waals surface area contributed by atoms with Crippen LogP contribution in [0.3, 0.4) is 0 Å². The Hall–Kier alpha value is -0.520. The molecule has 0 aliphatic heterocycles. The predicted molar refractivity (Wildman–Crippen MR) is 68.4 cm³/mol. The molecular formula is C10H13ClO5PS+. The van der Waals surface area contributed by atoms with Gasteiger partial charge in [-0.25, -0.2) is 0 Å². The van der Waals surface area contributed by atoms with E-state index in [2.05, 4.69) is 9.01 Å². The Morgan fingerprint density at radius 2 is 1.94 bits per heavy atom. The zero-order valence-corrected chi connectivity index (χ0v) is 12.6. The molecule has 1 rings (SSSR count). The third kappa shape index (κ3) is 3.73. The lowest BCUT2D eigenvalue weighted by molar-refractivity contribution is -0.0833. The van der Waals surface area contributed by atoms with Crippen molar-refractivity contribution in [3.63, 3.8) is 0 Å². The predicted octanol–water partition coefficient (Wildman–Crippen LogP) is 3.47. The van der Waals surface area contributed by atoms with Crippen molar-refractivity contribution in [2.75, 3.05) is 6.66 Å². The Morgan fingerprint density at radius 1 is 1.33 bits per heavy atom. The highest BCUT2D eigenvalue weighted by Crippen LogP contribution is 2.32. The van der Waals surface area contributed by atoms with Crippen LogP contribution in [0.5, 0.6) is 0 Å². The second kappa shape index (κ2) is 6.08. The lowest BCUT2D eigenvalue weighted by atomic mass is 10.0. The second-order valence-electron chi connectivity index (χ2n) is 3.85. The summed E-state index contributed by atoms with van der Waals surface area (Å²) in [4.78, 5) is -0.154. The molecule has 0 bridgehead atoms. The van der Waals surface area contributed by atoms with Crippen LogP contribution < -0.4 is 0 Å². The first-order valence-electron chi connectivity index (χ1n) is 5.06. The normalized spacial score (nSPS) is 12.8. The number of hydrogen-bond acceptors (Lipinski definition) is 5. The third-order valence-corrected chi connectivity index (χ3v) is 4.11. The molecule has 1 atom stereocenters. The van der Waals surface area contributed by atoms with Crippen molar-refractivity contribution < 1.29 is 22.0 Å². The standard InChI is InChI=1S/C10H13ClO5PS/c1-7(2)8-5-4-6-9(11)10(8)18(13,14)16-15-17(3)12/h4-7H,1-3H3/q+1. The van der Waals surface area contributed by atoms with Gasteiger partial charge in [-0.15, -0.1) is 0 Å². The summed E-state index contributed by atoms with van der Waals surface area (Å²) in [5, 5.41) is 0.0381. The Labute approximate surface area is 112 Å². The van der Waals surface area contributed by atoms with E-state index in [0.29, 0.717) is 5.56 Å². The summed E-state index contributed by atoms with van der Waals surface area (Å²) in [5.74, 6) is -0.0625. The van der Waals surface area contributed by atoms with E-state index >= 15 is 0 Å². The molecule has 1 aromatic carbocycles. The fourth-order valence-corrected chi connectivity index (χ4v) is 3.46. The molecular weight excluding hydrogens is 299 g/mol. The fraction of sp³-hybridized carbons (Fsp3) is 0.400. The summed E-state index contributed by atoms with van der Waals surface area (Å²) in [6.07, 6.45) is 0. The van der Waals surface area contributed by atoms with Gasteiger partial charge in [0.15, 0.2) is 6.66 Å². The minimum Gasteiger partial charge on any atom is -0.191 e. The molecule has 0 N–H and O–H groups in total. The SMILES string of the molecule is CC(C)c1cccc(Cl)c1S(=O)(=O)OO[P+](C)=O. The number of hydrogen-bond donors (Lipinski definition) is 0. The molecule has 0 saturated heterocycles. The van der Waals surface area contributed by atoms with Gasteiger partial charge >= 0.3 is 18.1 Å². The minimum atomic E-state index is -4.20. The zero-order chi connectivity index (χ0) is 13.9. The van der Waals surface area contributed by atoms with E-state index in [4.69, 9.17) is 11.6 Å². The van der Waals surface area contributed by atoms with Gasteiger partial charge in [0, 0.05) is 4.67 Å². The summed E-state index contributed by atoms with van der Waals surface area (Å²) in [6, 6.07) is 4.73. The highest BCUT2D eigenvalue weighted by molar-refractivity contribution is 7.87. The lowest BCUT2D eigenvalue weighted by Crippen LogP contribution is -2.09. The topological polar surface area (TPSA) is 69.7 Å². The summed E-state index contributed by atoms with van der Waals surface area (Å²) in [5.41, 5.74) is 0.512. The molecule has 0 fully saturated rings. The summed E-state index contributed by atoms with van der Waals surface area (Å²) >= 11 is 5.89. The van der Waals surface area contributed by atoms with Crippen LogP contribution >= 0.6 is 19.6 Å². The lowest BCUT2D eigenvalue weighted by Gasteiger charge is -2.12. The maximum Gasteiger partial charge on any atom is 0.537 e. The summed E-state index contributed by atoms with van der Waals surface area (Å²) in [7, 11) is -6.38. The van der Waals surface area contributed by atoms with Crippen molar-refractivity contribution in [1.82, 2.24) is 0 Å². The monoisotopic (exact) mass is 311 g/mol. The van der Waals surface area contributed by atoms with E-state index in [1.807, 2.05) is 13.8 Å². The minimum absolute atomic E-state index is 0.0381. The molecule has 0 aromatic heterocycles. The van der Waals surface area contributed by atoms with Crippen LogP contribution in [0.25, 0.3) is 0 Å². The molecule has 0 heterocycles. The molecule has 18 heavy (non-hydrogen) atoms. The number of halogens is 1. The Balaban J connectivity index is 3.27. The van der Waals surface area contributed by atoms with Gasteiger partial charge in [-0.05, 0) is 22.1 Å². The van der Waals surface area contributed by atoms with Crippen LogP contribution in [0.1, 0.15) is 25.3 Å². The Bertz CT molecular complexity index is 555. The maximum atomic E-state index is 11.9. The van der Waals surface area contributed by atoms with Crippen molar-refractivity contribution in [1.29, 1.82) is 0 Å². The van der Waals surface area contributed by atoms with Crippen LogP contribution in [0.15, 0.2) is 23.1 Å². The molecule has 1 unspecified atom stereocenters. The van der Waals surface area contributed by atoms with E-state index < -0.39 is 18.1 Å². The molecule has 0 aliphatic rings. The van der Waals surface area contributed by atoms with Crippen molar-refractivity contribution in [2.45, 2.75) is 24.7 Å². The zero-order valence-electron chi connectivity index (χ0n) is 10.1. The van der Waals surface area contributed by atoms with E-state index in [9.17, 15) is 13.0 Å². The first-order valence-corrected chi connectivity index (χ1v) is 8.47. The molecule has 1 aromatic rings. The quantitative estimate of drug-likeness (QED) is 0.473. The smallest absolute Gasteiger partial charge is 0.191 e. The summed E-state index contributed by atoms with van der Waals surface area (Å²) < 4.78 is 43.0. The van der Waals surface area contributed by atoms with Crippen molar-refractivity contribution in [3.05, 3.63) is 28.8 Å². The maximum absolute atomic E-state index is 11.9. The first-order chi connectivity index (χ1) is 8.25. The number of rotatable bonds is 5. The van der Waals surface area contributed by atoms with Crippen molar-refractivity contribution in [2.24, 2.45) is 0 Å². The van der Waals surface area contributed by atoms with Crippen LogP contribution in [0.4, 0.5) is 0 Å². The van der Waals surface area contributed by atoms with Gasteiger partial charge in [0.2, 0.25) is 0 Å². The van der Waals surface area contributed by atoms with Crippen LogP contribution in [0.2, 0.25) is 5.02 Å². The molecule has 0 saturated carbocycles. The number of benzene rings is 1. The molecule has 5 nitrogen and oxygen atoms in total. The van der Waals surface area contributed by atoms with E-state index in [0.717, 1.165) is 0 Å². The molecule has 0 radical (unpaired) electrons. The molecule has 0 spiro atoms. The van der Waals surface area contributed by atoms with Gasteiger partial charge < -0.3 is 0 Å². The third-order valence-electron chi connectivity index (χ3n) is 2.09. The van der Waals surface area contributed by atoms with Gasteiger partial charge in [-0.1, -0.05) is 41.9 Å². The largest absolute Gasteiger partial charge is 0.537 e. The van der Waals surface area contributed by atoms with Gasteiger partial charge in [-0.2, -0.15) is 8.42 Å². The van der Waals surface area contributed by atoms with Gasteiger partial charge in [-0.3, -0.25) is 0 Å². The van der Waals surface area contributed by atoms with Crippen molar-refractivity contribution in [3.8, 4) is 0 Å². The highest BCUT2D eigenvalue weighted by atomic mass is 35.5. The average molecular weight is 312 g/mol. The van der Waals surface area contributed by atoms with Crippen LogP contribution in [0, 0.1) is 0 Å². The first kappa shape index (κ1) is 15.5. The van der Waals surface area contributed by atoms with Gasteiger partial charge in [0.25, 0.3) is 0 Å². The van der Waals surface area contributed by atoms with Crippen LogP contribution in [-0.4, -0.2) is 15.1 Å². The summed E-state index contributed by atoms with van der Waals surface area (Å²) in [6.45, 7) is 4.83. The van der Waals surface area contributed by atoms with E-state index in [-0.39, 0.29) is 15.8 Å². The Kier molecular flexibility index (Phi) is 5.25. The molecule has 8 heteroatoms. The van der Waals surface area contributed by atoms with Crippen molar-refractivity contribution >= 4 is 29.7 Å². The Morgan fingerprint density at radius 3 is 2.44 bits per heavy atom.